The Morgan fingerprint density at radius 1 is 1.33 bits per heavy atom. The number of aliphatic hydroxyl groups excluding tert-OH is 1. The van der Waals surface area contributed by atoms with Gasteiger partial charge < -0.3 is 15.3 Å². The molecule has 5 heteroatoms. The van der Waals surface area contributed by atoms with Crippen LogP contribution in [0.2, 0.25) is 0 Å². The monoisotopic (exact) mass is 384 g/mol. The molecule has 156 valence electrons. The fraction of sp³-hybridized carbons (Fsp3) is 0.773. The van der Waals surface area contributed by atoms with Crippen LogP contribution in [0.1, 0.15) is 78.6 Å². The summed E-state index contributed by atoms with van der Waals surface area (Å²) in [5, 5.41) is 27.3. The van der Waals surface area contributed by atoms with Crippen molar-refractivity contribution < 1.29 is 24.5 Å². The SMILES string of the molecule is CCCCC(C)CC=C[C@H]1CCC[C@@H]1CC(C)=CCC(O)C(O)(F)C(=O)O. The summed E-state index contributed by atoms with van der Waals surface area (Å²) in [6.07, 6.45) is 13.4. The number of hydrogen-bond donors (Lipinski definition) is 3. The van der Waals surface area contributed by atoms with Gasteiger partial charge in [0.25, 0.3) is 0 Å². The lowest BCUT2D eigenvalue weighted by atomic mass is 9.88. The van der Waals surface area contributed by atoms with Gasteiger partial charge in [-0.25, -0.2) is 4.79 Å². The number of alkyl halides is 1. The highest BCUT2D eigenvalue weighted by molar-refractivity contribution is 5.75. The molecule has 1 rings (SSSR count). The molecule has 4 nitrogen and oxygen atoms in total. The first-order chi connectivity index (χ1) is 12.7. The molecule has 3 unspecified atom stereocenters. The van der Waals surface area contributed by atoms with Crippen molar-refractivity contribution in [3.05, 3.63) is 23.8 Å². The second-order valence-electron chi connectivity index (χ2n) is 8.25. The van der Waals surface area contributed by atoms with Gasteiger partial charge in [-0.2, -0.15) is 4.39 Å². The summed E-state index contributed by atoms with van der Waals surface area (Å²) >= 11 is 0. The summed E-state index contributed by atoms with van der Waals surface area (Å²) in [5.41, 5.74) is 0.997. The van der Waals surface area contributed by atoms with Crippen molar-refractivity contribution >= 4 is 5.97 Å². The molecule has 1 fully saturated rings. The first-order valence-electron chi connectivity index (χ1n) is 10.3. The zero-order valence-electron chi connectivity index (χ0n) is 17.0. The van der Waals surface area contributed by atoms with E-state index >= 15 is 0 Å². The van der Waals surface area contributed by atoms with Gasteiger partial charge in [-0.05, 0) is 56.8 Å². The van der Waals surface area contributed by atoms with Crippen molar-refractivity contribution in [2.75, 3.05) is 0 Å². The number of carbonyl (C=O) groups is 1. The van der Waals surface area contributed by atoms with Gasteiger partial charge >= 0.3 is 11.8 Å². The fourth-order valence-electron chi connectivity index (χ4n) is 3.84. The van der Waals surface area contributed by atoms with Crippen LogP contribution >= 0.6 is 0 Å². The van der Waals surface area contributed by atoms with Gasteiger partial charge in [0.2, 0.25) is 0 Å². The quantitative estimate of drug-likeness (QED) is 0.414. The molecule has 1 aliphatic carbocycles. The molecule has 0 aromatic carbocycles. The van der Waals surface area contributed by atoms with Crippen molar-refractivity contribution in [1.29, 1.82) is 0 Å². The predicted octanol–water partition coefficient (Wildman–Crippen LogP) is 5.01. The molecule has 1 aliphatic rings. The Bertz CT molecular complexity index is 512. The van der Waals surface area contributed by atoms with E-state index in [1.807, 2.05) is 6.92 Å². The van der Waals surface area contributed by atoms with E-state index < -0.39 is 17.9 Å². The second kappa shape index (κ2) is 11.6. The predicted molar refractivity (Wildman–Crippen MR) is 106 cm³/mol. The number of aliphatic carboxylic acids is 1. The van der Waals surface area contributed by atoms with Gasteiger partial charge in [-0.3, -0.25) is 0 Å². The summed E-state index contributed by atoms with van der Waals surface area (Å²) in [4.78, 5) is 10.6. The highest BCUT2D eigenvalue weighted by Gasteiger charge is 2.43. The Morgan fingerprint density at radius 2 is 2.04 bits per heavy atom. The van der Waals surface area contributed by atoms with E-state index in [1.165, 1.54) is 32.1 Å². The molecule has 0 spiro atoms. The van der Waals surface area contributed by atoms with Crippen LogP contribution in [0.25, 0.3) is 0 Å². The lowest BCUT2D eigenvalue weighted by Gasteiger charge is -2.20. The Hall–Kier alpha value is -1.20. The summed E-state index contributed by atoms with van der Waals surface area (Å²) in [7, 11) is 0. The smallest absolute Gasteiger partial charge is 0.372 e. The Labute approximate surface area is 163 Å². The number of aliphatic hydroxyl groups is 2. The van der Waals surface area contributed by atoms with Crippen molar-refractivity contribution in [2.24, 2.45) is 17.8 Å². The maximum atomic E-state index is 13.5. The third kappa shape index (κ3) is 8.14. The van der Waals surface area contributed by atoms with Gasteiger partial charge in [0.1, 0.15) is 6.10 Å². The third-order valence-corrected chi connectivity index (χ3v) is 5.71. The zero-order chi connectivity index (χ0) is 20.4. The number of carboxylic acids is 1. The molecular formula is C22H37FO4. The van der Waals surface area contributed by atoms with Crippen LogP contribution in [0, 0.1) is 17.8 Å². The molecule has 0 heterocycles. The van der Waals surface area contributed by atoms with Crippen LogP contribution in [0.3, 0.4) is 0 Å². The van der Waals surface area contributed by atoms with Crippen molar-refractivity contribution in [2.45, 2.75) is 90.5 Å². The number of hydrogen-bond acceptors (Lipinski definition) is 3. The molecule has 0 aromatic rings. The first kappa shape index (κ1) is 23.8. The van der Waals surface area contributed by atoms with Crippen LogP contribution in [-0.4, -0.2) is 33.2 Å². The fourth-order valence-corrected chi connectivity index (χ4v) is 3.84. The van der Waals surface area contributed by atoms with Crippen molar-refractivity contribution in [3.63, 3.8) is 0 Å². The molecule has 27 heavy (non-hydrogen) atoms. The Morgan fingerprint density at radius 3 is 2.67 bits per heavy atom. The molecule has 3 N–H and O–H groups in total. The van der Waals surface area contributed by atoms with E-state index in [0.29, 0.717) is 11.8 Å². The van der Waals surface area contributed by atoms with E-state index in [0.717, 1.165) is 30.8 Å². The van der Waals surface area contributed by atoms with E-state index in [9.17, 15) is 14.3 Å². The largest absolute Gasteiger partial charge is 0.477 e. The maximum Gasteiger partial charge on any atom is 0.372 e. The molecule has 0 aromatic heterocycles. The number of halogens is 1. The number of unbranched alkanes of at least 4 members (excludes halogenated alkanes) is 1. The lowest BCUT2D eigenvalue weighted by Crippen LogP contribution is -2.45. The van der Waals surface area contributed by atoms with Crippen LogP contribution in [0.5, 0.6) is 0 Å². The second-order valence-corrected chi connectivity index (χ2v) is 8.25. The molecule has 0 radical (unpaired) electrons. The third-order valence-electron chi connectivity index (χ3n) is 5.71. The van der Waals surface area contributed by atoms with E-state index in [1.54, 1.807) is 6.08 Å². The summed E-state index contributed by atoms with van der Waals surface area (Å²) in [6.45, 7) is 6.43. The van der Waals surface area contributed by atoms with E-state index in [2.05, 4.69) is 26.0 Å². The summed E-state index contributed by atoms with van der Waals surface area (Å²) in [6, 6.07) is 0. The molecule has 0 saturated heterocycles. The molecule has 0 bridgehead atoms. The van der Waals surface area contributed by atoms with Gasteiger partial charge in [0, 0.05) is 0 Å². The van der Waals surface area contributed by atoms with Crippen LogP contribution in [0.4, 0.5) is 4.39 Å². The van der Waals surface area contributed by atoms with Gasteiger partial charge in [-0.15, -0.1) is 0 Å². The highest BCUT2D eigenvalue weighted by Crippen LogP contribution is 2.37. The molecular weight excluding hydrogens is 347 g/mol. The van der Waals surface area contributed by atoms with E-state index in [-0.39, 0.29) is 6.42 Å². The van der Waals surface area contributed by atoms with Gasteiger partial charge in [-0.1, -0.05) is 63.3 Å². The Kier molecular flexibility index (Phi) is 10.2. The zero-order valence-corrected chi connectivity index (χ0v) is 17.0. The first-order valence-corrected chi connectivity index (χ1v) is 10.3. The maximum absolute atomic E-state index is 13.5. The van der Waals surface area contributed by atoms with Crippen LogP contribution in [-0.2, 0) is 4.79 Å². The minimum absolute atomic E-state index is 0.215. The molecule has 0 aliphatic heterocycles. The number of carboxylic acid groups (broad SMARTS) is 1. The molecule has 0 amide bonds. The lowest BCUT2D eigenvalue weighted by molar-refractivity contribution is -0.204. The topological polar surface area (TPSA) is 77.8 Å². The van der Waals surface area contributed by atoms with Crippen molar-refractivity contribution in [1.82, 2.24) is 0 Å². The summed E-state index contributed by atoms with van der Waals surface area (Å²) in [5.74, 6) is -3.87. The van der Waals surface area contributed by atoms with Crippen LogP contribution < -0.4 is 0 Å². The molecule has 1 saturated carbocycles. The average Bonchev–Trinajstić information content (AvgIpc) is 3.04. The van der Waals surface area contributed by atoms with Crippen LogP contribution in [0.15, 0.2) is 23.8 Å². The minimum atomic E-state index is -3.61. The van der Waals surface area contributed by atoms with E-state index in [4.69, 9.17) is 10.2 Å². The number of rotatable bonds is 12. The minimum Gasteiger partial charge on any atom is -0.477 e. The van der Waals surface area contributed by atoms with Gasteiger partial charge in [0.05, 0.1) is 0 Å². The number of allylic oxidation sites excluding steroid dienone is 3. The highest BCUT2D eigenvalue weighted by atomic mass is 19.2. The summed E-state index contributed by atoms with van der Waals surface area (Å²) < 4.78 is 13.5. The Balaban J connectivity index is 2.50. The van der Waals surface area contributed by atoms with Gasteiger partial charge in [0.15, 0.2) is 0 Å². The van der Waals surface area contributed by atoms with Crippen molar-refractivity contribution in [3.8, 4) is 0 Å². The normalized spacial score (nSPS) is 25.5. The molecule has 5 atom stereocenters. The standard InChI is InChI=1S/C22H37FO4/c1-4-5-8-16(2)9-6-10-18-11-7-12-19(18)15-17(3)13-14-20(24)22(23,27)21(25)26/h6,10,13,16,18-20,24,27H,4-5,7-9,11-12,14-15H2,1-3H3,(H,25,26)/t16?,18-,19+,20?,22?/m0/s1. The average molecular weight is 385 g/mol.